The lowest BCUT2D eigenvalue weighted by atomic mass is 10.0. The third kappa shape index (κ3) is 3.76. The largest absolute Gasteiger partial charge is 0.381 e. The molecule has 1 unspecified atom stereocenters. The Morgan fingerprint density at radius 3 is 2.96 bits per heavy atom. The van der Waals surface area contributed by atoms with Gasteiger partial charge in [0.25, 0.3) is 5.91 Å². The average molecular weight is 356 g/mol. The SMILES string of the molecule is O=C(NCCC1CN(C2CCOCC2)Cc2ccnn21)c1cnccn1. The molecule has 0 aliphatic carbocycles. The van der Waals surface area contributed by atoms with Crippen LogP contribution in [0.5, 0.6) is 0 Å². The van der Waals surface area contributed by atoms with Crippen molar-refractivity contribution in [3.05, 3.63) is 42.2 Å². The van der Waals surface area contributed by atoms with E-state index in [0.717, 1.165) is 45.6 Å². The summed E-state index contributed by atoms with van der Waals surface area (Å²) in [6.07, 6.45) is 9.44. The highest BCUT2D eigenvalue weighted by molar-refractivity contribution is 5.91. The molecule has 1 N–H and O–H groups in total. The predicted molar refractivity (Wildman–Crippen MR) is 94.5 cm³/mol. The van der Waals surface area contributed by atoms with Crippen LogP contribution >= 0.6 is 0 Å². The van der Waals surface area contributed by atoms with Gasteiger partial charge in [-0.3, -0.25) is 19.4 Å². The molecule has 26 heavy (non-hydrogen) atoms. The van der Waals surface area contributed by atoms with Crippen molar-refractivity contribution in [2.45, 2.75) is 37.9 Å². The molecule has 8 nitrogen and oxygen atoms in total. The molecule has 1 saturated heterocycles. The lowest BCUT2D eigenvalue weighted by molar-refractivity contribution is 0.0158. The molecule has 1 atom stereocenters. The molecule has 0 saturated carbocycles. The van der Waals surface area contributed by atoms with Gasteiger partial charge >= 0.3 is 0 Å². The third-order valence-corrected chi connectivity index (χ3v) is 5.17. The number of amides is 1. The Labute approximate surface area is 152 Å². The van der Waals surface area contributed by atoms with Crippen molar-refractivity contribution in [3.8, 4) is 0 Å². The Bertz CT molecular complexity index is 728. The fraction of sp³-hybridized carbons (Fsp3) is 0.556. The number of fused-ring (bicyclic) bond motifs is 1. The zero-order valence-electron chi connectivity index (χ0n) is 14.8. The molecular weight excluding hydrogens is 332 g/mol. The summed E-state index contributed by atoms with van der Waals surface area (Å²) in [6, 6.07) is 2.93. The van der Waals surface area contributed by atoms with Gasteiger partial charge in [-0.05, 0) is 25.3 Å². The Morgan fingerprint density at radius 2 is 2.15 bits per heavy atom. The van der Waals surface area contributed by atoms with Crippen LogP contribution in [0, 0.1) is 0 Å². The number of ether oxygens (including phenoxy) is 1. The van der Waals surface area contributed by atoms with Gasteiger partial charge < -0.3 is 10.1 Å². The number of hydrogen-bond donors (Lipinski definition) is 1. The molecule has 138 valence electrons. The Morgan fingerprint density at radius 1 is 1.27 bits per heavy atom. The quantitative estimate of drug-likeness (QED) is 0.861. The summed E-state index contributed by atoms with van der Waals surface area (Å²) in [5.41, 5.74) is 1.59. The predicted octanol–water partition coefficient (Wildman–Crippen LogP) is 1.03. The van der Waals surface area contributed by atoms with Gasteiger partial charge in [-0.15, -0.1) is 0 Å². The van der Waals surface area contributed by atoms with Crippen molar-refractivity contribution in [3.63, 3.8) is 0 Å². The van der Waals surface area contributed by atoms with Gasteiger partial charge in [0.1, 0.15) is 5.69 Å². The topological polar surface area (TPSA) is 85.2 Å². The normalized spacial score (nSPS) is 21.3. The summed E-state index contributed by atoms with van der Waals surface area (Å²) in [7, 11) is 0. The molecule has 8 heteroatoms. The van der Waals surface area contributed by atoms with Crippen LogP contribution in [0.3, 0.4) is 0 Å². The summed E-state index contributed by atoms with van der Waals surface area (Å²) in [6.45, 7) is 4.17. The van der Waals surface area contributed by atoms with E-state index >= 15 is 0 Å². The van der Waals surface area contributed by atoms with E-state index in [1.165, 1.54) is 18.1 Å². The van der Waals surface area contributed by atoms with E-state index in [9.17, 15) is 4.79 Å². The van der Waals surface area contributed by atoms with Gasteiger partial charge in [0, 0.05) is 57.5 Å². The minimum Gasteiger partial charge on any atom is -0.381 e. The summed E-state index contributed by atoms with van der Waals surface area (Å²) >= 11 is 0. The summed E-state index contributed by atoms with van der Waals surface area (Å²) in [5.74, 6) is -0.184. The van der Waals surface area contributed by atoms with Crippen molar-refractivity contribution >= 4 is 5.91 Å². The van der Waals surface area contributed by atoms with Crippen molar-refractivity contribution in [2.75, 3.05) is 26.3 Å². The molecule has 2 aliphatic rings. The van der Waals surface area contributed by atoms with Crippen LogP contribution in [-0.4, -0.2) is 62.9 Å². The van der Waals surface area contributed by atoms with Crippen molar-refractivity contribution < 1.29 is 9.53 Å². The molecule has 2 aromatic heterocycles. The molecule has 4 rings (SSSR count). The van der Waals surface area contributed by atoms with Gasteiger partial charge in [0.2, 0.25) is 0 Å². The zero-order chi connectivity index (χ0) is 17.8. The van der Waals surface area contributed by atoms with Gasteiger partial charge in [-0.2, -0.15) is 5.10 Å². The van der Waals surface area contributed by atoms with Crippen LogP contribution in [0.25, 0.3) is 0 Å². The number of rotatable bonds is 5. The maximum absolute atomic E-state index is 12.1. The molecule has 0 spiro atoms. The van der Waals surface area contributed by atoms with Crippen molar-refractivity contribution in [1.82, 2.24) is 30.0 Å². The van der Waals surface area contributed by atoms with Crippen molar-refractivity contribution in [2.24, 2.45) is 0 Å². The van der Waals surface area contributed by atoms with Crippen molar-refractivity contribution in [1.29, 1.82) is 0 Å². The second kappa shape index (κ2) is 7.92. The fourth-order valence-electron chi connectivity index (χ4n) is 3.82. The van der Waals surface area contributed by atoms with Gasteiger partial charge in [0.05, 0.1) is 17.9 Å². The Kier molecular flexibility index (Phi) is 5.21. The smallest absolute Gasteiger partial charge is 0.271 e. The highest BCUT2D eigenvalue weighted by Crippen LogP contribution is 2.27. The van der Waals surface area contributed by atoms with E-state index in [4.69, 9.17) is 4.74 Å². The number of hydrogen-bond acceptors (Lipinski definition) is 6. The fourth-order valence-corrected chi connectivity index (χ4v) is 3.82. The maximum Gasteiger partial charge on any atom is 0.271 e. The highest BCUT2D eigenvalue weighted by Gasteiger charge is 2.30. The summed E-state index contributed by atoms with van der Waals surface area (Å²) in [4.78, 5) is 22.7. The number of nitrogens with one attached hydrogen (secondary N) is 1. The second-order valence-electron chi connectivity index (χ2n) is 6.83. The molecule has 0 radical (unpaired) electrons. The molecule has 4 heterocycles. The molecule has 1 amide bonds. The number of carbonyl (C=O) groups is 1. The van der Waals surface area contributed by atoms with Gasteiger partial charge in [-0.25, -0.2) is 4.98 Å². The highest BCUT2D eigenvalue weighted by atomic mass is 16.5. The minimum absolute atomic E-state index is 0.184. The number of aromatic nitrogens is 4. The van der Waals surface area contributed by atoms with E-state index in [0.29, 0.717) is 18.3 Å². The molecule has 0 aromatic carbocycles. The van der Waals surface area contributed by atoms with E-state index in [-0.39, 0.29) is 11.9 Å². The van der Waals surface area contributed by atoms with Gasteiger partial charge in [0.15, 0.2) is 0 Å². The summed E-state index contributed by atoms with van der Waals surface area (Å²) in [5, 5.41) is 7.45. The Hall–Kier alpha value is -2.32. The molecule has 2 aliphatic heterocycles. The number of nitrogens with zero attached hydrogens (tertiary/aromatic N) is 5. The van der Waals surface area contributed by atoms with E-state index < -0.39 is 0 Å². The monoisotopic (exact) mass is 356 g/mol. The van der Waals surface area contributed by atoms with Crippen LogP contribution in [0.4, 0.5) is 0 Å². The first-order valence-electron chi connectivity index (χ1n) is 9.19. The average Bonchev–Trinajstić information content (AvgIpc) is 3.18. The number of carbonyl (C=O) groups excluding carboxylic acids is 1. The molecule has 2 aromatic rings. The molecule has 1 fully saturated rings. The minimum atomic E-state index is -0.184. The van der Waals surface area contributed by atoms with Crippen LogP contribution in [0.15, 0.2) is 30.9 Å². The van der Waals surface area contributed by atoms with E-state index in [1.807, 2.05) is 6.20 Å². The van der Waals surface area contributed by atoms with Gasteiger partial charge in [-0.1, -0.05) is 0 Å². The first kappa shape index (κ1) is 17.1. The van der Waals surface area contributed by atoms with Crippen LogP contribution in [0.1, 0.15) is 41.5 Å². The molecule has 0 bridgehead atoms. The lowest BCUT2D eigenvalue weighted by Gasteiger charge is -2.40. The van der Waals surface area contributed by atoms with Crippen LogP contribution in [0.2, 0.25) is 0 Å². The molecular formula is C18H24N6O2. The standard InChI is InChI=1S/C18H24N6O2/c25-18(17-11-19-7-8-20-17)21-5-1-15-12-23(14-3-9-26-10-4-14)13-16-2-6-22-24(15)16/h2,6-8,11,14-15H,1,3-5,9-10,12-13H2,(H,21,25). The van der Waals surface area contributed by atoms with E-state index in [2.05, 4.69) is 36.0 Å². The van der Waals surface area contributed by atoms with Crippen LogP contribution in [-0.2, 0) is 11.3 Å². The Balaban J connectivity index is 1.37. The maximum atomic E-state index is 12.1. The summed E-state index contributed by atoms with van der Waals surface area (Å²) < 4.78 is 7.62. The third-order valence-electron chi connectivity index (χ3n) is 5.17. The second-order valence-corrected chi connectivity index (χ2v) is 6.83. The first-order valence-corrected chi connectivity index (χ1v) is 9.19. The van der Waals surface area contributed by atoms with Crippen LogP contribution < -0.4 is 5.32 Å². The lowest BCUT2D eigenvalue weighted by Crippen LogP contribution is -2.46. The van der Waals surface area contributed by atoms with E-state index in [1.54, 1.807) is 6.20 Å². The zero-order valence-corrected chi connectivity index (χ0v) is 14.8. The first-order chi connectivity index (χ1) is 12.8.